The lowest BCUT2D eigenvalue weighted by atomic mass is 9.81. The summed E-state index contributed by atoms with van der Waals surface area (Å²) in [4.78, 5) is 30.2. The SMILES string of the molecule is CN(C)c1ccc(C(NC(=O)NC[C@H]2CCC[C@@H](CNC(=O)NC(c3ccc(N(C)C)cc3)C(C)(C)C)C2)C(C)(C)C)cc1. The fourth-order valence-electron chi connectivity index (χ4n) is 6.14. The third kappa shape index (κ3) is 10.3. The monoisotopic (exact) mass is 606 g/mol. The van der Waals surface area contributed by atoms with Crippen LogP contribution in [-0.4, -0.2) is 53.3 Å². The molecule has 0 heterocycles. The van der Waals surface area contributed by atoms with E-state index in [1.165, 1.54) is 0 Å². The van der Waals surface area contributed by atoms with Crippen LogP contribution in [0.1, 0.15) is 90.4 Å². The Morgan fingerprint density at radius 1 is 0.659 bits per heavy atom. The van der Waals surface area contributed by atoms with Gasteiger partial charge in [-0.1, -0.05) is 72.2 Å². The van der Waals surface area contributed by atoms with Gasteiger partial charge in [0.15, 0.2) is 0 Å². The maximum atomic E-state index is 13.0. The fourth-order valence-corrected chi connectivity index (χ4v) is 6.14. The van der Waals surface area contributed by atoms with Gasteiger partial charge in [-0.05, 0) is 77.3 Å². The number of nitrogens with one attached hydrogen (secondary N) is 4. The van der Waals surface area contributed by atoms with Crippen LogP contribution >= 0.6 is 0 Å². The molecule has 2 aromatic carbocycles. The molecule has 44 heavy (non-hydrogen) atoms. The minimum Gasteiger partial charge on any atom is -0.378 e. The first-order valence-corrected chi connectivity index (χ1v) is 16.2. The molecule has 244 valence electrons. The Hall–Kier alpha value is -3.42. The summed E-state index contributed by atoms with van der Waals surface area (Å²) in [6, 6.07) is 16.3. The van der Waals surface area contributed by atoms with Crippen LogP contribution in [0.4, 0.5) is 21.0 Å². The Kier molecular flexibility index (Phi) is 12.0. The van der Waals surface area contributed by atoms with Crippen LogP contribution in [0.25, 0.3) is 0 Å². The van der Waals surface area contributed by atoms with Gasteiger partial charge in [0, 0.05) is 52.7 Å². The van der Waals surface area contributed by atoms with Gasteiger partial charge in [-0.2, -0.15) is 0 Å². The van der Waals surface area contributed by atoms with Gasteiger partial charge in [0.1, 0.15) is 0 Å². The van der Waals surface area contributed by atoms with E-state index in [0.29, 0.717) is 24.9 Å². The average Bonchev–Trinajstić information content (AvgIpc) is 2.95. The first-order valence-electron chi connectivity index (χ1n) is 16.2. The van der Waals surface area contributed by atoms with E-state index < -0.39 is 0 Å². The lowest BCUT2D eigenvalue weighted by Crippen LogP contribution is -2.45. The number of benzene rings is 2. The number of carbonyl (C=O) groups is 2. The summed E-state index contributed by atoms with van der Waals surface area (Å²) in [5.74, 6) is 0.795. The molecular formula is C36H58N6O2. The highest BCUT2D eigenvalue weighted by Crippen LogP contribution is 2.35. The Morgan fingerprint density at radius 2 is 1.00 bits per heavy atom. The summed E-state index contributed by atoms with van der Waals surface area (Å²) < 4.78 is 0. The molecule has 0 aliphatic heterocycles. The number of hydrogen-bond donors (Lipinski definition) is 4. The molecule has 1 fully saturated rings. The van der Waals surface area contributed by atoms with Crippen molar-refractivity contribution in [2.45, 2.75) is 79.3 Å². The quantitative estimate of drug-likeness (QED) is 0.232. The smallest absolute Gasteiger partial charge is 0.315 e. The average molecular weight is 607 g/mol. The topological polar surface area (TPSA) is 88.7 Å². The lowest BCUT2D eigenvalue weighted by molar-refractivity contribution is 0.205. The Balaban J connectivity index is 1.50. The third-order valence-corrected chi connectivity index (χ3v) is 8.76. The van der Waals surface area contributed by atoms with Crippen molar-refractivity contribution in [3.63, 3.8) is 0 Å². The maximum absolute atomic E-state index is 13.0. The van der Waals surface area contributed by atoms with E-state index >= 15 is 0 Å². The second-order valence-corrected chi connectivity index (χ2v) is 15.2. The zero-order chi connectivity index (χ0) is 32.7. The fraction of sp³-hybridized carbons (Fsp3) is 0.611. The standard InChI is InChI=1S/C36H58N6O2/c1-35(2,3)31(27-14-18-29(19-15-27)41(7)8)39-33(43)37-23-25-12-11-13-26(22-25)24-38-34(44)40-32(36(4,5)6)28-16-20-30(21-17-28)42(9)10/h14-21,25-26,31-32H,11-13,22-24H2,1-10H3,(H2,37,39,43)(H2,38,40,44)/t25-,26+,31?,32?. The molecule has 0 aromatic heterocycles. The number of anilines is 2. The third-order valence-electron chi connectivity index (χ3n) is 8.76. The van der Waals surface area contributed by atoms with E-state index in [2.05, 4.69) is 121 Å². The molecule has 3 rings (SSSR count). The summed E-state index contributed by atoms with van der Waals surface area (Å²) in [6.07, 6.45) is 4.27. The number of rotatable bonds is 10. The normalized spacial score (nSPS) is 18.5. The first-order chi connectivity index (χ1) is 20.5. The molecule has 1 aliphatic rings. The number of hydrogen-bond acceptors (Lipinski definition) is 4. The zero-order valence-electron chi connectivity index (χ0n) is 28.9. The first kappa shape index (κ1) is 35.1. The highest BCUT2D eigenvalue weighted by atomic mass is 16.2. The largest absolute Gasteiger partial charge is 0.378 e. The minimum atomic E-state index is -0.138. The Labute approximate surface area is 266 Å². The summed E-state index contributed by atoms with van der Waals surface area (Å²) in [6.45, 7) is 14.2. The van der Waals surface area contributed by atoms with Crippen LogP contribution in [0.2, 0.25) is 0 Å². The summed E-state index contributed by atoms with van der Waals surface area (Å²) >= 11 is 0. The van der Waals surface area contributed by atoms with Crippen LogP contribution in [0.5, 0.6) is 0 Å². The van der Waals surface area contributed by atoms with Gasteiger partial charge >= 0.3 is 12.1 Å². The highest BCUT2D eigenvalue weighted by molar-refractivity contribution is 5.75. The van der Waals surface area contributed by atoms with Gasteiger partial charge < -0.3 is 31.1 Å². The van der Waals surface area contributed by atoms with E-state index in [1.54, 1.807) is 0 Å². The van der Waals surface area contributed by atoms with Crippen molar-refractivity contribution >= 4 is 23.4 Å². The van der Waals surface area contributed by atoms with E-state index in [4.69, 9.17) is 0 Å². The molecule has 0 radical (unpaired) electrons. The molecule has 4 atom stereocenters. The van der Waals surface area contributed by atoms with Crippen molar-refractivity contribution < 1.29 is 9.59 Å². The molecule has 1 saturated carbocycles. The van der Waals surface area contributed by atoms with Crippen LogP contribution in [-0.2, 0) is 0 Å². The van der Waals surface area contributed by atoms with Crippen molar-refractivity contribution in [1.82, 2.24) is 21.3 Å². The summed E-state index contributed by atoms with van der Waals surface area (Å²) in [5, 5.41) is 12.8. The number of carbonyl (C=O) groups excluding carboxylic acids is 2. The van der Waals surface area contributed by atoms with Crippen molar-refractivity contribution in [3.8, 4) is 0 Å². The molecular weight excluding hydrogens is 548 g/mol. The number of amides is 4. The van der Waals surface area contributed by atoms with Crippen molar-refractivity contribution in [2.75, 3.05) is 51.1 Å². The molecule has 1 aliphatic carbocycles. The van der Waals surface area contributed by atoms with E-state index in [-0.39, 0.29) is 35.0 Å². The molecule has 0 spiro atoms. The second-order valence-electron chi connectivity index (χ2n) is 15.2. The molecule has 8 heteroatoms. The predicted octanol–water partition coefficient (Wildman–Crippen LogP) is 7.10. The van der Waals surface area contributed by atoms with Crippen LogP contribution in [0.3, 0.4) is 0 Å². The van der Waals surface area contributed by atoms with Crippen LogP contribution < -0.4 is 31.1 Å². The number of urea groups is 2. The molecule has 2 unspecified atom stereocenters. The Bertz CT molecular complexity index is 1100. The zero-order valence-corrected chi connectivity index (χ0v) is 28.9. The molecule has 4 amide bonds. The van der Waals surface area contributed by atoms with E-state index in [1.807, 2.05) is 28.2 Å². The van der Waals surface area contributed by atoms with Crippen molar-refractivity contribution in [2.24, 2.45) is 22.7 Å². The molecule has 2 aromatic rings. The molecule has 0 bridgehead atoms. The molecule has 0 saturated heterocycles. The van der Waals surface area contributed by atoms with Gasteiger partial charge in [0.05, 0.1) is 12.1 Å². The van der Waals surface area contributed by atoms with Crippen LogP contribution in [0.15, 0.2) is 48.5 Å². The van der Waals surface area contributed by atoms with Crippen molar-refractivity contribution in [3.05, 3.63) is 59.7 Å². The maximum Gasteiger partial charge on any atom is 0.315 e. The summed E-state index contributed by atoms with van der Waals surface area (Å²) in [7, 11) is 8.10. The highest BCUT2D eigenvalue weighted by Gasteiger charge is 2.30. The minimum absolute atomic E-state index is 0.108. The van der Waals surface area contributed by atoms with Gasteiger partial charge in [0.25, 0.3) is 0 Å². The van der Waals surface area contributed by atoms with Gasteiger partial charge in [-0.15, -0.1) is 0 Å². The van der Waals surface area contributed by atoms with Crippen molar-refractivity contribution in [1.29, 1.82) is 0 Å². The molecule has 8 nitrogen and oxygen atoms in total. The summed E-state index contributed by atoms with van der Waals surface area (Å²) in [5.41, 5.74) is 4.18. The van der Waals surface area contributed by atoms with E-state index in [0.717, 1.165) is 48.2 Å². The lowest BCUT2D eigenvalue weighted by Gasteiger charge is -2.34. The Morgan fingerprint density at radius 3 is 1.30 bits per heavy atom. The second kappa shape index (κ2) is 15.0. The molecule has 4 N–H and O–H groups in total. The van der Waals surface area contributed by atoms with Gasteiger partial charge in [-0.25, -0.2) is 9.59 Å². The number of nitrogens with zero attached hydrogens (tertiary/aromatic N) is 2. The van der Waals surface area contributed by atoms with Gasteiger partial charge in [0.2, 0.25) is 0 Å². The van der Waals surface area contributed by atoms with E-state index in [9.17, 15) is 9.59 Å². The predicted molar refractivity (Wildman–Crippen MR) is 184 cm³/mol. The van der Waals surface area contributed by atoms with Crippen LogP contribution in [0, 0.1) is 22.7 Å². The van der Waals surface area contributed by atoms with Gasteiger partial charge in [-0.3, -0.25) is 0 Å².